The number of benzene rings is 4. The highest BCUT2D eigenvalue weighted by Gasteiger charge is 2.44. The van der Waals surface area contributed by atoms with Crippen LogP contribution in [0.1, 0.15) is 96.0 Å². The van der Waals surface area contributed by atoms with Crippen LogP contribution in [0.25, 0.3) is 38.4 Å². The van der Waals surface area contributed by atoms with Gasteiger partial charge >= 0.3 is 5.97 Å². The fraction of sp³-hybridized carbons (Fsp3) is 0.500. The van der Waals surface area contributed by atoms with E-state index < -0.39 is 30.5 Å². The van der Waals surface area contributed by atoms with Gasteiger partial charge in [-0.1, -0.05) is 132 Å². The summed E-state index contributed by atoms with van der Waals surface area (Å²) in [4.78, 5) is 25.4. The van der Waals surface area contributed by atoms with Crippen molar-refractivity contribution in [1.82, 2.24) is 0 Å². The molecule has 0 aromatic heterocycles. The van der Waals surface area contributed by atoms with Crippen LogP contribution in [0, 0.1) is 0 Å². The first-order chi connectivity index (χ1) is 22.9. The van der Waals surface area contributed by atoms with Crippen molar-refractivity contribution in [2.24, 2.45) is 0 Å². The Balaban J connectivity index is 1.08. The molecule has 7 heteroatoms. The van der Waals surface area contributed by atoms with Crippen molar-refractivity contribution < 1.29 is 34.4 Å². The minimum Gasteiger partial charge on any atom is -0.463 e. The largest absolute Gasteiger partial charge is 0.463 e. The van der Waals surface area contributed by atoms with Crippen molar-refractivity contribution in [3.05, 3.63) is 66.2 Å². The third-order valence-electron chi connectivity index (χ3n) is 9.62. The normalized spacial score (nSPS) is 21.7. The van der Waals surface area contributed by atoms with Crippen molar-refractivity contribution >= 4 is 50.1 Å². The molecule has 3 N–H and O–H groups in total. The predicted octanol–water partition coefficient (Wildman–Crippen LogP) is 7.65. The molecule has 252 valence electrons. The number of ketones is 1. The van der Waals surface area contributed by atoms with Gasteiger partial charge in [-0.05, 0) is 50.4 Å². The lowest BCUT2D eigenvalue weighted by atomic mass is 9.91. The van der Waals surface area contributed by atoms with Gasteiger partial charge in [0.25, 0.3) is 0 Å². The number of ether oxygens (including phenoxy) is 2. The summed E-state index contributed by atoms with van der Waals surface area (Å²) in [6.45, 7) is 1.97. The summed E-state index contributed by atoms with van der Waals surface area (Å²) < 4.78 is 11.2. The second-order valence-corrected chi connectivity index (χ2v) is 13.2. The SMILES string of the molecule is CCCCCCCCCCCCCC(=O)OC[C@H]1O[C@@H](CC(=O)/C=C/c2ccc3ccc4cccc5ccc2c3c45)[C@H](O)[C@@H](O)[C@@H]1O. The summed E-state index contributed by atoms with van der Waals surface area (Å²) in [5.41, 5.74) is 0.896. The van der Waals surface area contributed by atoms with E-state index >= 15 is 0 Å². The molecule has 0 spiro atoms. The first-order valence-corrected chi connectivity index (χ1v) is 17.6. The molecule has 1 heterocycles. The molecule has 7 nitrogen and oxygen atoms in total. The predicted molar refractivity (Wildman–Crippen MR) is 188 cm³/mol. The van der Waals surface area contributed by atoms with Crippen LogP contribution in [0.4, 0.5) is 0 Å². The van der Waals surface area contributed by atoms with Crippen LogP contribution < -0.4 is 0 Å². The molecule has 1 aliphatic rings. The van der Waals surface area contributed by atoms with E-state index in [0.717, 1.165) is 51.8 Å². The van der Waals surface area contributed by atoms with E-state index in [1.165, 1.54) is 62.8 Å². The second kappa shape index (κ2) is 17.2. The Hall–Kier alpha value is -3.36. The van der Waals surface area contributed by atoms with Crippen molar-refractivity contribution in [3.63, 3.8) is 0 Å². The Morgan fingerprint density at radius 1 is 0.702 bits per heavy atom. The van der Waals surface area contributed by atoms with E-state index in [0.29, 0.717) is 0 Å². The standard InChI is InChI=1S/C40H50O7/c1-2-3-4-5-6-7-8-9-10-11-12-16-35(42)46-26-34-39(44)40(45)38(43)33(47-34)25-31(41)23-21-27-17-18-30-20-19-28-14-13-15-29-22-24-32(27)37(30)36(28)29/h13-15,17-24,33-34,38-40,43-45H,2-12,16,25-26H2,1H3/b23-21+/t33-,34+,38-,39+,40+/m0/s1. The second-order valence-electron chi connectivity index (χ2n) is 13.2. The molecule has 0 amide bonds. The van der Waals surface area contributed by atoms with E-state index in [1.807, 2.05) is 18.2 Å². The average molecular weight is 643 g/mol. The Morgan fingerprint density at radius 2 is 1.28 bits per heavy atom. The van der Waals surface area contributed by atoms with Gasteiger partial charge in [0.1, 0.15) is 31.0 Å². The number of esters is 1. The third kappa shape index (κ3) is 8.96. The summed E-state index contributed by atoms with van der Waals surface area (Å²) in [7, 11) is 0. The Kier molecular flexibility index (Phi) is 12.8. The Morgan fingerprint density at radius 3 is 1.96 bits per heavy atom. The maximum absolute atomic E-state index is 13.0. The molecular formula is C40H50O7. The molecule has 0 aliphatic carbocycles. The molecule has 0 saturated carbocycles. The van der Waals surface area contributed by atoms with E-state index in [2.05, 4.69) is 43.3 Å². The van der Waals surface area contributed by atoms with Crippen LogP contribution in [-0.4, -0.2) is 64.2 Å². The molecule has 5 rings (SSSR count). The fourth-order valence-corrected chi connectivity index (χ4v) is 6.87. The zero-order valence-electron chi connectivity index (χ0n) is 27.6. The molecule has 0 radical (unpaired) electrons. The number of carbonyl (C=O) groups is 2. The van der Waals surface area contributed by atoms with Gasteiger partial charge in [0, 0.05) is 12.8 Å². The van der Waals surface area contributed by atoms with E-state index in [-0.39, 0.29) is 31.2 Å². The number of hydrogen-bond acceptors (Lipinski definition) is 7. The lowest BCUT2D eigenvalue weighted by molar-refractivity contribution is -0.232. The van der Waals surface area contributed by atoms with Crippen LogP contribution >= 0.6 is 0 Å². The lowest BCUT2D eigenvalue weighted by Gasteiger charge is -2.40. The third-order valence-corrected chi connectivity index (χ3v) is 9.62. The number of aliphatic hydroxyl groups excluding tert-OH is 3. The summed E-state index contributed by atoms with van der Waals surface area (Å²) in [5.74, 6) is -0.684. The molecule has 1 fully saturated rings. The molecular weight excluding hydrogens is 592 g/mol. The first-order valence-electron chi connectivity index (χ1n) is 17.6. The van der Waals surface area contributed by atoms with Crippen LogP contribution in [0.3, 0.4) is 0 Å². The van der Waals surface area contributed by atoms with E-state index in [9.17, 15) is 24.9 Å². The van der Waals surface area contributed by atoms with Gasteiger partial charge < -0.3 is 24.8 Å². The van der Waals surface area contributed by atoms with Gasteiger partial charge in [0.05, 0.1) is 6.10 Å². The van der Waals surface area contributed by atoms with Gasteiger partial charge in [-0.15, -0.1) is 0 Å². The maximum atomic E-state index is 13.0. The fourth-order valence-electron chi connectivity index (χ4n) is 6.87. The van der Waals surface area contributed by atoms with Gasteiger partial charge in [-0.25, -0.2) is 0 Å². The summed E-state index contributed by atoms with van der Waals surface area (Å²) in [6, 6.07) is 18.7. The number of unbranched alkanes of at least 4 members (excludes halogenated alkanes) is 10. The summed E-state index contributed by atoms with van der Waals surface area (Å²) >= 11 is 0. The number of allylic oxidation sites excluding steroid dienone is 1. The number of aliphatic hydroxyl groups is 3. The zero-order valence-corrected chi connectivity index (χ0v) is 27.6. The first kappa shape index (κ1) is 35.0. The van der Waals surface area contributed by atoms with E-state index in [4.69, 9.17) is 9.47 Å². The van der Waals surface area contributed by atoms with Crippen LogP contribution in [0.5, 0.6) is 0 Å². The highest BCUT2D eigenvalue weighted by molar-refractivity contribution is 6.24. The zero-order chi connectivity index (χ0) is 33.2. The number of carbonyl (C=O) groups excluding carboxylic acids is 2. The molecule has 4 aromatic rings. The maximum Gasteiger partial charge on any atom is 0.305 e. The van der Waals surface area contributed by atoms with E-state index in [1.54, 1.807) is 6.08 Å². The summed E-state index contributed by atoms with van der Waals surface area (Å²) in [6.07, 6.45) is 9.83. The highest BCUT2D eigenvalue weighted by atomic mass is 16.6. The van der Waals surface area contributed by atoms with Gasteiger partial charge in [0.2, 0.25) is 0 Å². The topological polar surface area (TPSA) is 113 Å². The van der Waals surface area contributed by atoms with Gasteiger partial charge in [-0.2, -0.15) is 0 Å². The molecule has 0 unspecified atom stereocenters. The van der Waals surface area contributed by atoms with Crippen molar-refractivity contribution in [3.8, 4) is 0 Å². The molecule has 0 bridgehead atoms. The molecule has 4 aromatic carbocycles. The summed E-state index contributed by atoms with van der Waals surface area (Å²) in [5, 5.41) is 38.4. The minimum atomic E-state index is -1.53. The molecule has 5 atom stereocenters. The van der Waals surface area contributed by atoms with Crippen LogP contribution in [0.2, 0.25) is 0 Å². The van der Waals surface area contributed by atoms with Crippen molar-refractivity contribution in [1.29, 1.82) is 0 Å². The minimum absolute atomic E-state index is 0.198. The monoisotopic (exact) mass is 642 g/mol. The van der Waals surface area contributed by atoms with Crippen LogP contribution in [-0.2, 0) is 19.1 Å². The molecule has 1 saturated heterocycles. The highest BCUT2D eigenvalue weighted by Crippen LogP contribution is 2.36. The Labute approximate surface area is 277 Å². The molecule has 1 aliphatic heterocycles. The smallest absolute Gasteiger partial charge is 0.305 e. The molecule has 47 heavy (non-hydrogen) atoms. The Bertz CT molecular complexity index is 1610. The van der Waals surface area contributed by atoms with Crippen LogP contribution in [0.15, 0.2) is 60.7 Å². The number of hydrogen-bond donors (Lipinski definition) is 3. The number of rotatable bonds is 18. The average Bonchev–Trinajstić information content (AvgIpc) is 3.08. The van der Waals surface area contributed by atoms with Crippen molar-refractivity contribution in [2.75, 3.05) is 6.61 Å². The lowest BCUT2D eigenvalue weighted by Crippen LogP contribution is -2.59. The van der Waals surface area contributed by atoms with Crippen molar-refractivity contribution in [2.45, 2.75) is 121 Å². The quantitative estimate of drug-likeness (QED) is 0.0442. The van der Waals surface area contributed by atoms with Gasteiger partial charge in [0.15, 0.2) is 5.78 Å². The van der Waals surface area contributed by atoms with Gasteiger partial charge in [-0.3, -0.25) is 9.59 Å².